The number of halogens is 2. The number of Topliss-reactive ketones (excluding diaryl/α,β-unsaturated/α-hetero) is 1. The number of fused-ring (bicyclic) bond motifs is 1. The number of ketones is 1. The van der Waals surface area contributed by atoms with Crippen LogP contribution in [0, 0.1) is 32.4 Å². The van der Waals surface area contributed by atoms with Crippen LogP contribution < -0.4 is 10.3 Å². The van der Waals surface area contributed by atoms with Crippen LogP contribution in [-0.2, 0) is 23.6 Å². The Hall–Kier alpha value is -5.47. The van der Waals surface area contributed by atoms with Crippen molar-refractivity contribution in [2.75, 3.05) is 6.26 Å². The standard InChI is InChI=1S/C33H27F2N5O3.CH4O3S/c1-18-11-20(3)40(24-8-6-23(34)7-9-24)33(42)32(18)29(41)14-21-5-10-30(26(35)13-21)43-31-15-22-17-36-37-27(22)16-25(31)28-12-19(2)38-39(28)4;1-5(2,3)4/h5-13,15-17H,14H2,1-4H3,(H,36,37);1H3,(H,2,3,4). The second kappa shape index (κ2) is 13.3. The van der Waals surface area contributed by atoms with Crippen molar-refractivity contribution < 1.29 is 31.3 Å². The van der Waals surface area contributed by atoms with Gasteiger partial charge in [0.2, 0.25) is 0 Å². The maximum Gasteiger partial charge on any atom is 0.266 e. The highest BCUT2D eigenvalue weighted by molar-refractivity contribution is 7.85. The lowest BCUT2D eigenvalue weighted by Gasteiger charge is -2.15. The molecule has 14 heteroatoms. The van der Waals surface area contributed by atoms with E-state index in [-0.39, 0.29) is 17.7 Å². The van der Waals surface area contributed by atoms with Gasteiger partial charge in [0.25, 0.3) is 15.7 Å². The fraction of sp³-hybridized carbons (Fsp3) is 0.176. The molecule has 0 aliphatic carbocycles. The predicted molar refractivity (Wildman–Crippen MR) is 176 cm³/mol. The molecule has 248 valence electrons. The third kappa shape index (κ3) is 7.56. The van der Waals surface area contributed by atoms with E-state index in [1.807, 2.05) is 26.1 Å². The van der Waals surface area contributed by atoms with E-state index in [9.17, 15) is 22.4 Å². The van der Waals surface area contributed by atoms with Crippen molar-refractivity contribution >= 4 is 26.8 Å². The van der Waals surface area contributed by atoms with Crippen molar-refractivity contribution in [3.63, 3.8) is 0 Å². The third-order valence-corrected chi connectivity index (χ3v) is 7.35. The molecule has 6 aromatic rings. The molecule has 3 heterocycles. The molecule has 2 N–H and O–H groups in total. The van der Waals surface area contributed by atoms with Crippen molar-refractivity contribution in [2.24, 2.45) is 7.05 Å². The molecule has 0 fully saturated rings. The molecule has 11 nitrogen and oxygen atoms in total. The van der Waals surface area contributed by atoms with E-state index < -0.39 is 33.1 Å². The molecule has 0 aliphatic rings. The molecule has 6 rings (SSSR count). The number of aryl methyl sites for hydroxylation is 4. The highest BCUT2D eigenvalue weighted by Gasteiger charge is 2.21. The molecule has 0 saturated heterocycles. The topological polar surface area (TPSA) is 149 Å². The van der Waals surface area contributed by atoms with E-state index in [4.69, 9.17) is 9.29 Å². The van der Waals surface area contributed by atoms with Crippen LogP contribution in [0.3, 0.4) is 0 Å². The van der Waals surface area contributed by atoms with E-state index >= 15 is 4.39 Å². The number of carbonyl (C=O) groups excluding carboxylic acids is 1. The zero-order valence-electron chi connectivity index (χ0n) is 26.6. The quantitative estimate of drug-likeness (QED) is 0.154. The number of nitrogens with one attached hydrogen (secondary N) is 1. The van der Waals surface area contributed by atoms with Crippen LogP contribution in [-0.4, -0.2) is 49.6 Å². The Balaban J connectivity index is 0.000000840. The van der Waals surface area contributed by atoms with Crippen LogP contribution in [0.1, 0.15) is 32.9 Å². The van der Waals surface area contributed by atoms with Crippen LogP contribution >= 0.6 is 0 Å². The Morgan fingerprint density at radius 2 is 1.67 bits per heavy atom. The summed E-state index contributed by atoms with van der Waals surface area (Å²) in [6.07, 6.45) is 2.18. The smallest absolute Gasteiger partial charge is 0.266 e. The van der Waals surface area contributed by atoms with Crippen LogP contribution in [0.15, 0.2) is 77.7 Å². The SMILES string of the molecule is CS(=O)(=O)O.Cc1cc(-c2cc3[nH]ncc3cc2Oc2ccc(CC(=O)c3c(C)cc(C)n(-c4ccc(F)cc4)c3=O)cc2F)n(C)n1. The minimum absolute atomic E-state index is 0.000173. The molecular formula is C34H31F2N5O6S. The second-order valence-corrected chi connectivity index (χ2v) is 12.7. The van der Waals surface area contributed by atoms with Crippen molar-refractivity contribution in [1.29, 1.82) is 0 Å². The van der Waals surface area contributed by atoms with Crippen LogP contribution in [0.4, 0.5) is 8.78 Å². The lowest BCUT2D eigenvalue weighted by molar-refractivity contribution is 0.0990. The lowest BCUT2D eigenvalue weighted by Crippen LogP contribution is -2.29. The van der Waals surface area contributed by atoms with E-state index in [1.54, 1.807) is 42.9 Å². The molecule has 0 unspecified atom stereocenters. The Kier molecular flexibility index (Phi) is 9.41. The number of nitrogens with zero attached hydrogens (tertiary/aromatic N) is 4. The Labute approximate surface area is 274 Å². The summed E-state index contributed by atoms with van der Waals surface area (Å²) in [7, 11) is -1.85. The maximum atomic E-state index is 15.4. The number of H-pyrrole nitrogens is 1. The molecule has 0 aliphatic heterocycles. The minimum Gasteiger partial charge on any atom is -0.454 e. The number of ether oxygens (including phenoxy) is 1. The molecule has 0 radical (unpaired) electrons. The van der Waals surface area contributed by atoms with Gasteiger partial charge in [-0.2, -0.15) is 18.6 Å². The summed E-state index contributed by atoms with van der Waals surface area (Å²) in [6, 6.07) is 17.1. The van der Waals surface area contributed by atoms with E-state index in [1.165, 1.54) is 41.0 Å². The van der Waals surface area contributed by atoms with Crippen molar-refractivity contribution in [3.05, 3.63) is 123 Å². The van der Waals surface area contributed by atoms with E-state index in [0.717, 1.165) is 22.3 Å². The Morgan fingerprint density at radius 1 is 0.979 bits per heavy atom. The molecule has 0 amide bonds. The normalized spacial score (nSPS) is 11.3. The van der Waals surface area contributed by atoms with Gasteiger partial charge in [-0.3, -0.25) is 28.5 Å². The summed E-state index contributed by atoms with van der Waals surface area (Å²) in [5.41, 5.74) is 4.53. The number of hydrogen-bond donors (Lipinski definition) is 2. The van der Waals surface area contributed by atoms with Gasteiger partial charge in [-0.15, -0.1) is 0 Å². The fourth-order valence-corrected chi connectivity index (χ4v) is 5.39. The summed E-state index contributed by atoms with van der Waals surface area (Å²) in [4.78, 5) is 26.8. The van der Waals surface area contributed by atoms with Gasteiger partial charge >= 0.3 is 0 Å². The summed E-state index contributed by atoms with van der Waals surface area (Å²) >= 11 is 0. The van der Waals surface area contributed by atoms with Gasteiger partial charge in [0.05, 0.1) is 34.9 Å². The minimum atomic E-state index is -3.67. The fourth-order valence-electron chi connectivity index (χ4n) is 5.39. The van der Waals surface area contributed by atoms with Crippen molar-refractivity contribution in [2.45, 2.75) is 27.2 Å². The van der Waals surface area contributed by atoms with E-state index in [0.29, 0.717) is 40.1 Å². The van der Waals surface area contributed by atoms with Crippen molar-refractivity contribution in [1.82, 2.24) is 24.5 Å². The first kappa shape index (κ1) is 33.9. The van der Waals surface area contributed by atoms with Crippen LogP contribution in [0.5, 0.6) is 11.5 Å². The van der Waals surface area contributed by atoms with Crippen molar-refractivity contribution in [3.8, 4) is 28.4 Å². The summed E-state index contributed by atoms with van der Waals surface area (Å²) in [6.45, 7) is 5.31. The summed E-state index contributed by atoms with van der Waals surface area (Å²) in [5.74, 6) is -1.15. The predicted octanol–water partition coefficient (Wildman–Crippen LogP) is 6.04. The van der Waals surface area contributed by atoms with Gasteiger partial charge in [0.1, 0.15) is 11.6 Å². The Bertz CT molecular complexity index is 2340. The number of carbonyl (C=O) groups is 1. The number of hydrogen-bond acceptors (Lipinski definition) is 7. The zero-order chi connectivity index (χ0) is 34.9. The first-order valence-corrected chi connectivity index (χ1v) is 16.3. The largest absolute Gasteiger partial charge is 0.454 e. The monoisotopic (exact) mass is 675 g/mol. The third-order valence-electron chi connectivity index (χ3n) is 7.35. The molecule has 3 aromatic carbocycles. The molecule has 0 spiro atoms. The maximum absolute atomic E-state index is 15.4. The zero-order valence-corrected chi connectivity index (χ0v) is 27.4. The van der Waals surface area contributed by atoms with Gasteiger partial charge in [-0.25, -0.2) is 8.78 Å². The van der Waals surface area contributed by atoms with Crippen LogP contribution in [0.2, 0.25) is 0 Å². The number of rotatable bonds is 7. The summed E-state index contributed by atoms with van der Waals surface area (Å²) < 4.78 is 63.9. The molecule has 0 bridgehead atoms. The summed E-state index contributed by atoms with van der Waals surface area (Å²) in [5, 5.41) is 12.2. The second-order valence-electron chi connectivity index (χ2n) is 11.3. The first-order valence-electron chi connectivity index (χ1n) is 14.5. The number of pyridine rings is 1. The highest BCUT2D eigenvalue weighted by atomic mass is 32.2. The molecule has 0 atom stereocenters. The number of benzene rings is 3. The Morgan fingerprint density at radius 3 is 2.29 bits per heavy atom. The van der Waals surface area contributed by atoms with Gasteiger partial charge in [0, 0.05) is 35.8 Å². The van der Waals surface area contributed by atoms with Crippen LogP contribution in [0.25, 0.3) is 27.8 Å². The average molecular weight is 676 g/mol. The average Bonchev–Trinajstić information content (AvgIpc) is 3.58. The van der Waals surface area contributed by atoms with Gasteiger partial charge in [0.15, 0.2) is 17.3 Å². The van der Waals surface area contributed by atoms with Gasteiger partial charge < -0.3 is 4.74 Å². The molecular weight excluding hydrogens is 644 g/mol. The van der Waals surface area contributed by atoms with Gasteiger partial charge in [-0.05, 0) is 92.6 Å². The lowest BCUT2D eigenvalue weighted by atomic mass is 9.99. The molecule has 3 aromatic heterocycles. The molecule has 48 heavy (non-hydrogen) atoms. The van der Waals surface area contributed by atoms with Gasteiger partial charge in [-0.1, -0.05) is 6.07 Å². The molecule has 0 saturated carbocycles. The van der Waals surface area contributed by atoms with E-state index in [2.05, 4.69) is 15.3 Å². The number of aromatic nitrogens is 5. The highest BCUT2D eigenvalue weighted by Crippen LogP contribution is 2.37. The first-order chi connectivity index (χ1) is 22.6. The number of aromatic amines is 1.